The van der Waals surface area contributed by atoms with Crippen molar-refractivity contribution in [3.05, 3.63) is 18.1 Å². The zero-order valence-corrected chi connectivity index (χ0v) is 12.1. The van der Waals surface area contributed by atoms with Crippen molar-refractivity contribution in [3.63, 3.8) is 0 Å². The summed E-state index contributed by atoms with van der Waals surface area (Å²) in [6.45, 7) is 4.48. The van der Waals surface area contributed by atoms with Gasteiger partial charge in [0.2, 0.25) is 0 Å². The van der Waals surface area contributed by atoms with E-state index in [2.05, 4.69) is 24.9 Å². The Morgan fingerprint density at radius 2 is 2.00 bits per heavy atom. The fourth-order valence-corrected chi connectivity index (χ4v) is 3.20. The Morgan fingerprint density at radius 3 is 2.67 bits per heavy atom. The van der Waals surface area contributed by atoms with Gasteiger partial charge in [-0.15, -0.1) is 0 Å². The Kier molecular flexibility index (Phi) is 4.19. The highest BCUT2D eigenvalue weighted by Gasteiger charge is 2.29. The van der Waals surface area contributed by atoms with E-state index in [0.717, 1.165) is 18.9 Å². The summed E-state index contributed by atoms with van der Waals surface area (Å²) in [7, 11) is 0. The summed E-state index contributed by atoms with van der Waals surface area (Å²) >= 11 is 0. The number of nitrogens with two attached hydrogens (primary N) is 1. The quantitative estimate of drug-likeness (QED) is 0.367. The highest BCUT2D eigenvalue weighted by molar-refractivity contribution is 5.94. The molecule has 0 amide bonds. The van der Waals surface area contributed by atoms with Gasteiger partial charge in [0, 0.05) is 19.1 Å². The van der Waals surface area contributed by atoms with Gasteiger partial charge in [-0.2, -0.15) is 0 Å². The molecule has 0 spiro atoms. The van der Waals surface area contributed by atoms with Crippen LogP contribution in [0.2, 0.25) is 0 Å². The van der Waals surface area contributed by atoms with Crippen LogP contribution in [0.5, 0.6) is 0 Å². The second-order valence-corrected chi connectivity index (χ2v) is 5.73. The van der Waals surface area contributed by atoms with Crippen molar-refractivity contribution < 1.29 is 5.21 Å². The summed E-state index contributed by atoms with van der Waals surface area (Å²) in [6.07, 6.45) is 8.46. The lowest BCUT2D eigenvalue weighted by atomic mass is 10.1. The van der Waals surface area contributed by atoms with Gasteiger partial charge in [-0.1, -0.05) is 11.6 Å². The number of hydrogen-bond acceptors (Lipinski definition) is 6. The fraction of sp³-hybridized carbons (Fsp3) is 0.643. The summed E-state index contributed by atoms with van der Waals surface area (Å²) in [5.41, 5.74) is 5.89. The molecule has 7 nitrogen and oxygen atoms in total. The molecule has 2 saturated heterocycles. The van der Waals surface area contributed by atoms with Crippen LogP contribution in [0.3, 0.4) is 0 Å². The second-order valence-electron chi connectivity index (χ2n) is 5.73. The highest BCUT2D eigenvalue weighted by Crippen LogP contribution is 2.23. The summed E-state index contributed by atoms with van der Waals surface area (Å²) in [6, 6.07) is 0.635. The van der Waals surface area contributed by atoms with Crippen LogP contribution < -0.4 is 10.6 Å². The average molecular weight is 290 g/mol. The molecule has 3 heterocycles. The molecule has 0 aliphatic carbocycles. The molecule has 2 aliphatic heterocycles. The molecule has 1 aromatic heterocycles. The third kappa shape index (κ3) is 3.07. The van der Waals surface area contributed by atoms with Crippen LogP contribution in [0.25, 0.3) is 0 Å². The molecule has 0 saturated carbocycles. The molecule has 1 aromatic rings. The molecular formula is C14H22N6O. The number of piperidine rings is 1. The number of hydrogen-bond donors (Lipinski definition) is 2. The van der Waals surface area contributed by atoms with E-state index in [1.54, 1.807) is 12.4 Å². The van der Waals surface area contributed by atoms with Gasteiger partial charge in [0.15, 0.2) is 5.84 Å². The van der Waals surface area contributed by atoms with Crippen LogP contribution in [0, 0.1) is 0 Å². The van der Waals surface area contributed by atoms with E-state index in [0.29, 0.717) is 11.7 Å². The minimum Gasteiger partial charge on any atom is -0.409 e. The lowest BCUT2D eigenvalue weighted by Gasteiger charge is -2.32. The van der Waals surface area contributed by atoms with Crippen molar-refractivity contribution in [2.24, 2.45) is 10.9 Å². The molecule has 1 unspecified atom stereocenters. The van der Waals surface area contributed by atoms with E-state index in [1.807, 2.05) is 0 Å². The van der Waals surface area contributed by atoms with Crippen molar-refractivity contribution >= 4 is 11.7 Å². The SMILES string of the molecule is NC(=NO)c1cnc(N2CCC(N3CCCCC3)C2)cn1. The van der Waals surface area contributed by atoms with Gasteiger partial charge < -0.3 is 15.8 Å². The van der Waals surface area contributed by atoms with Gasteiger partial charge in [-0.25, -0.2) is 9.97 Å². The molecular weight excluding hydrogens is 268 g/mol. The van der Waals surface area contributed by atoms with Crippen LogP contribution in [0.15, 0.2) is 17.5 Å². The molecule has 114 valence electrons. The van der Waals surface area contributed by atoms with Crippen LogP contribution in [0.1, 0.15) is 31.4 Å². The number of rotatable bonds is 3. The van der Waals surface area contributed by atoms with Crippen LogP contribution in [-0.2, 0) is 0 Å². The monoisotopic (exact) mass is 290 g/mol. The van der Waals surface area contributed by atoms with Crippen molar-refractivity contribution in [2.75, 3.05) is 31.1 Å². The molecule has 7 heteroatoms. The third-order valence-corrected chi connectivity index (χ3v) is 4.40. The first-order chi connectivity index (χ1) is 10.3. The molecule has 3 N–H and O–H groups in total. The normalized spacial score (nSPS) is 24.5. The second kappa shape index (κ2) is 6.26. The largest absolute Gasteiger partial charge is 0.409 e. The Labute approximate surface area is 124 Å². The summed E-state index contributed by atoms with van der Waals surface area (Å²) in [5, 5.41) is 11.6. The van der Waals surface area contributed by atoms with Crippen LogP contribution >= 0.6 is 0 Å². The molecule has 0 aromatic carbocycles. The summed E-state index contributed by atoms with van der Waals surface area (Å²) in [5.74, 6) is 0.852. The fourth-order valence-electron chi connectivity index (χ4n) is 3.20. The zero-order chi connectivity index (χ0) is 14.7. The molecule has 0 bridgehead atoms. The predicted octanol–water partition coefficient (Wildman–Crippen LogP) is 0.636. The molecule has 21 heavy (non-hydrogen) atoms. The van der Waals surface area contributed by atoms with E-state index < -0.39 is 0 Å². The minimum absolute atomic E-state index is 0.0123. The number of aromatic nitrogens is 2. The van der Waals surface area contributed by atoms with E-state index in [9.17, 15) is 0 Å². The average Bonchev–Trinajstić information content (AvgIpc) is 3.05. The first-order valence-corrected chi connectivity index (χ1v) is 7.57. The predicted molar refractivity (Wildman–Crippen MR) is 80.6 cm³/mol. The number of nitrogens with zero attached hydrogens (tertiary/aromatic N) is 5. The lowest BCUT2D eigenvalue weighted by molar-refractivity contribution is 0.175. The summed E-state index contributed by atoms with van der Waals surface area (Å²) in [4.78, 5) is 13.5. The van der Waals surface area contributed by atoms with Crippen molar-refractivity contribution in [3.8, 4) is 0 Å². The zero-order valence-electron chi connectivity index (χ0n) is 12.1. The van der Waals surface area contributed by atoms with E-state index >= 15 is 0 Å². The lowest BCUT2D eigenvalue weighted by Crippen LogP contribution is -2.41. The molecule has 0 radical (unpaired) electrons. The molecule has 3 rings (SSSR count). The van der Waals surface area contributed by atoms with Gasteiger partial charge in [0.1, 0.15) is 11.5 Å². The maximum atomic E-state index is 8.63. The van der Waals surface area contributed by atoms with E-state index in [1.165, 1.54) is 38.8 Å². The van der Waals surface area contributed by atoms with Gasteiger partial charge in [0.05, 0.1) is 12.4 Å². The van der Waals surface area contributed by atoms with Gasteiger partial charge in [-0.3, -0.25) is 4.90 Å². The molecule has 2 fully saturated rings. The van der Waals surface area contributed by atoms with Crippen LogP contribution in [0.4, 0.5) is 5.82 Å². The van der Waals surface area contributed by atoms with E-state index in [-0.39, 0.29) is 5.84 Å². The maximum Gasteiger partial charge on any atom is 0.190 e. The van der Waals surface area contributed by atoms with Crippen molar-refractivity contribution in [2.45, 2.75) is 31.7 Å². The van der Waals surface area contributed by atoms with Crippen LogP contribution in [-0.4, -0.2) is 58.1 Å². The first-order valence-electron chi connectivity index (χ1n) is 7.57. The number of oxime groups is 1. The van der Waals surface area contributed by atoms with Gasteiger partial charge in [0.25, 0.3) is 0 Å². The Morgan fingerprint density at radius 1 is 1.19 bits per heavy atom. The number of amidine groups is 1. The molecule has 2 aliphatic rings. The smallest absolute Gasteiger partial charge is 0.190 e. The van der Waals surface area contributed by atoms with E-state index in [4.69, 9.17) is 10.9 Å². The highest BCUT2D eigenvalue weighted by atomic mass is 16.4. The minimum atomic E-state index is -0.0123. The van der Waals surface area contributed by atoms with Gasteiger partial charge >= 0.3 is 0 Å². The van der Waals surface area contributed by atoms with Gasteiger partial charge in [-0.05, 0) is 32.4 Å². The molecule has 1 atom stereocenters. The number of anilines is 1. The summed E-state index contributed by atoms with van der Waals surface area (Å²) < 4.78 is 0. The first kappa shape index (κ1) is 14.1. The van der Waals surface area contributed by atoms with Crippen molar-refractivity contribution in [1.82, 2.24) is 14.9 Å². The Balaban J connectivity index is 1.63. The van der Waals surface area contributed by atoms with Crippen molar-refractivity contribution in [1.29, 1.82) is 0 Å². The Bertz CT molecular complexity index is 497. The Hall–Kier alpha value is -1.89. The number of likely N-dealkylation sites (tertiary alicyclic amines) is 1. The maximum absolute atomic E-state index is 8.63. The topological polar surface area (TPSA) is 90.9 Å². The standard InChI is InChI=1S/C14H22N6O/c15-14(18-21)12-8-17-13(9-16-12)20-7-4-11(10-20)19-5-2-1-3-6-19/h8-9,11,21H,1-7,10H2,(H2,15,18). The third-order valence-electron chi connectivity index (χ3n) is 4.40.